The van der Waals surface area contributed by atoms with Crippen LogP contribution in [-0.2, 0) is 11.3 Å². The number of rotatable bonds is 6. The lowest BCUT2D eigenvalue weighted by Gasteiger charge is -2.18. The summed E-state index contributed by atoms with van der Waals surface area (Å²) in [6.45, 7) is 0.838. The van der Waals surface area contributed by atoms with E-state index in [1.54, 1.807) is 31.3 Å². The van der Waals surface area contributed by atoms with E-state index in [-0.39, 0.29) is 24.1 Å². The molecule has 1 aromatic heterocycles. The van der Waals surface area contributed by atoms with Gasteiger partial charge in [-0.2, -0.15) is 4.98 Å². The largest absolute Gasteiger partial charge is 0.497 e. The van der Waals surface area contributed by atoms with Crippen LogP contribution >= 0.6 is 0 Å². The van der Waals surface area contributed by atoms with E-state index in [0.717, 1.165) is 5.56 Å². The summed E-state index contributed by atoms with van der Waals surface area (Å²) in [4.78, 5) is 18.7. The van der Waals surface area contributed by atoms with Crippen molar-refractivity contribution >= 4 is 5.91 Å². The SMILES string of the molecule is COc1ccc(OC)c(CN2CC(c3nc(-c4cccc(F)c4)no3)CC2=O)c1. The van der Waals surface area contributed by atoms with Gasteiger partial charge >= 0.3 is 0 Å². The Morgan fingerprint density at radius 1 is 1.21 bits per heavy atom. The van der Waals surface area contributed by atoms with E-state index in [9.17, 15) is 9.18 Å². The zero-order chi connectivity index (χ0) is 20.4. The van der Waals surface area contributed by atoms with Crippen molar-refractivity contribution in [2.24, 2.45) is 0 Å². The van der Waals surface area contributed by atoms with Gasteiger partial charge in [0.1, 0.15) is 17.3 Å². The smallest absolute Gasteiger partial charge is 0.232 e. The molecule has 1 unspecified atom stereocenters. The number of benzene rings is 2. The molecule has 1 atom stereocenters. The summed E-state index contributed by atoms with van der Waals surface area (Å²) in [5.74, 6) is 1.47. The van der Waals surface area contributed by atoms with Crippen molar-refractivity contribution in [1.29, 1.82) is 0 Å². The number of amides is 1. The first-order chi connectivity index (χ1) is 14.1. The summed E-state index contributed by atoms with van der Waals surface area (Å²) in [7, 11) is 3.18. The van der Waals surface area contributed by atoms with Crippen LogP contribution in [-0.4, -0.2) is 41.7 Å². The number of carbonyl (C=O) groups is 1. The lowest BCUT2D eigenvalue weighted by Crippen LogP contribution is -2.24. The molecule has 8 heteroatoms. The summed E-state index contributed by atoms with van der Waals surface area (Å²) >= 11 is 0. The van der Waals surface area contributed by atoms with Gasteiger partial charge in [0.25, 0.3) is 0 Å². The number of ether oxygens (including phenoxy) is 2. The van der Waals surface area contributed by atoms with Gasteiger partial charge in [-0.3, -0.25) is 4.79 Å². The third kappa shape index (κ3) is 3.91. The highest BCUT2D eigenvalue weighted by atomic mass is 19.1. The molecule has 0 bridgehead atoms. The Kier molecular flexibility index (Phi) is 5.16. The van der Waals surface area contributed by atoms with Gasteiger partial charge in [-0.1, -0.05) is 17.3 Å². The number of hydrogen-bond donors (Lipinski definition) is 0. The molecule has 2 aromatic carbocycles. The molecular formula is C21H20FN3O4. The van der Waals surface area contributed by atoms with E-state index in [1.807, 2.05) is 18.2 Å². The standard InChI is InChI=1S/C21H20FN3O4/c1-27-17-6-7-18(28-2)14(9-17)11-25-12-15(10-19(25)26)21-23-20(24-29-21)13-4-3-5-16(22)8-13/h3-9,15H,10-12H2,1-2H3. The molecule has 0 spiro atoms. The molecule has 150 valence electrons. The maximum atomic E-state index is 13.4. The summed E-state index contributed by atoms with van der Waals surface area (Å²) in [6, 6.07) is 11.5. The lowest BCUT2D eigenvalue weighted by atomic mass is 10.1. The zero-order valence-corrected chi connectivity index (χ0v) is 16.1. The number of hydrogen-bond acceptors (Lipinski definition) is 6. The monoisotopic (exact) mass is 397 g/mol. The van der Waals surface area contributed by atoms with E-state index in [4.69, 9.17) is 14.0 Å². The van der Waals surface area contributed by atoms with Crippen molar-refractivity contribution in [3.05, 3.63) is 59.7 Å². The Balaban J connectivity index is 1.50. The normalized spacial score (nSPS) is 16.3. The quantitative estimate of drug-likeness (QED) is 0.634. The Morgan fingerprint density at radius 3 is 2.83 bits per heavy atom. The van der Waals surface area contributed by atoms with Crippen LogP contribution < -0.4 is 9.47 Å². The van der Waals surface area contributed by atoms with Crippen molar-refractivity contribution in [2.75, 3.05) is 20.8 Å². The number of carbonyl (C=O) groups excluding carboxylic acids is 1. The molecule has 0 radical (unpaired) electrons. The third-order valence-corrected chi connectivity index (χ3v) is 4.94. The van der Waals surface area contributed by atoms with Crippen LogP contribution in [0.1, 0.15) is 23.8 Å². The molecule has 29 heavy (non-hydrogen) atoms. The molecule has 0 N–H and O–H groups in total. The molecule has 1 aliphatic heterocycles. The second-order valence-corrected chi connectivity index (χ2v) is 6.82. The van der Waals surface area contributed by atoms with Gasteiger partial charge in [-0.15, -0.1) is 0 Å². The Morgan fingerprint density at radius 2 is 2.07 bits per heavy atom. The number of aromatic nitrogens is 2. The van der Waals surface area contributed by atoms with Crippen LogP contribution in [0, 0.1) is 5.82 Å². The van der Waals surface area contributed by atoms with Gasteiger partial charge in [0.2, 0.25) is 17.6 Å². The van der Waals surface area contributed by atoms with Gasteiger partial charge in [0.05, 0.1) is 20.1 Å². The summed E-state index contributed by atoms with van der Waals surface area (Å²) in [6.07, 6.45) is 0.275. The Bertz CT molecular complexity index is 1040. The van der Waals surface area contributed by atoms with Gasteiger partial charge in [-0.25, -0.2) is 4.39 Å². The van der Waals surface area contributed by atoms with Crippen LogP contribution in [0.3, 0.4) is 0 Å². The van der Waals surface area contributed by atoms with Crippen molar-refractivity contribution in [1.82, 2.24) is 15.0 Å². The molecule has 7 nitrogen and oxygen atoms in total. The minimum absolute atomic E-state index is 0.00891. The van der Waals surface area contributed by atoms with Crippen molar-refractivity contribution < 1.29 is 23.2 Å². The molecule has 1 saturated heterocycles. The molecule has 1 amide bonds. The average molecular weight is 397 g/mol. The maximum absolute atomic E-state index is 13.4. The molecule has 1 fully saturated rings. The van der Waals surface area contributed by atoms with E-state index in [2.05, 4.69) is 10.1 Å². The first-order valence-electron chi connectivity index (χ1n) is 9.15. The number of nitrogens with zero attached hydrogens (tertiary/aromatic N) is 3. The van der Waals surface area contributed by atoms with Gasteiger partial charge < -0.3 is 18.9 Å². The van der Waals surface area contributed by atoms with E-state index in [0.29, 0.717) is 41.9 Å². The van der Waals surface area contributed by atoms with E-state index >= 15 is 0 Å². The number of likely N-dealkylation sites (tertiary alicyclic amines) is 1. The zero-order valence-electron chi connectivity index (χ0n) is 16.1. The van der Waals surface area contributed by atoms with Crippen molar-refractivity contribution in [3.8, 4) is 22.9 Å². The molecular weight excluding hydrogens is 377 g/mol. The van der Waals surface area contributed by atoms with Crippen molar-refractivity contribution in [2.45, 2.75) is 18.9 Å². The highest BCUT2D eigenvalue weighted by Crippen LogP contribution is 2.32. The number of halogens is 1. The van der Waals surface area contributed by atoms with Crippen molar-refractivity contribution in [3.63, 3.8) is 0 Å². The second-order valence-electron chi connectivity index (χ2n) is 6.82. The molecule has 3 aromatic rings. The van der Waals surface area contributed by atoms with Crippen LogP contribution in [0.15, 0.2) is 47.0 Å². The Labute approximate surface area is 167 Å². The van der Waals surface area contributed by atoms with Gasteiger partial charge in [0.15, 0.2) is 0 Å². The first-order valence-corrected chi connectivity index (χ1v) is 9.15. The highest BCUT2D eigenvalue weighted by molar-refractivity contribution is 5.79. The van der Waals surface area contributed by atoms with E-state index < -0.39 is 0 Å². The minimum Gasteiger partial charge on any atom is -0.497 e. The predicted molar refractivity (Wildman–Crippen MR) is 102 cm³/mol. The topological polar surface area (TPSA) is 77.7 Å². The summed E-state index contributed by atoms with van der Waals surface area (Å²) in [5.41, 5.74) is 1.38. The van der Waals surface area contributed by atoms with Crippen LogP contribution in [0.5, 0.6) is 11.5 Å². The lowest BCUT2D eigenvalue weighted by molar-refractivity contribution is -0.128. The molecule has 0 aliphatic carbocycles. The highest BCUT2D eigenvalue weighted by Gasteiger charge is 2.34. The fraction of sp³-hybridized carbons (Fsp3) is 0.286. The summed E-state index contributed by atoms with van der Waals surface area (Å²) < 4.78 is 29.5. The molecule has 4 rings (SSSR count). The molecule has 1 aliphatic rings. The van der Waals surface area contributed by atoms with Gasteiger partial charge in [-0.05, 0) is 30.3 Å². The fourth-order valence-corrected chi connectivity index (χ4v) is 3.45. The van der Waals surface area contributed by atoms with Crippen LogP contribution in [0.2, 0.25) is 0 Å². The summed E-state index contributed by atoms with van der Waals surface area (Å²) in [5, 5.41) is 3.94. The third-order valence-electron chi connectivity index (χ3n) is 4.94. The first kappa shape index (κ1) is 18.9. The predicted octanol–water partition coefficient (Wildman–Crippen LogP) is 3.41. The van der Waals surface area contributed by atoms with E-state index in [1.165, 1.54) is 12.1 Å². The molecule has 0 saturated carbocycles. The Hall–Kier alpha value is -3.42. The number of methoxy groups -OCH3 is 2. The van der Waals surface area contributed by atoms with Gasteiger partial charge in [0, 0.05) is 30.6 Å². The van der Waals surface area contributed by atoms with Crippen LogP contribution in [0.4, 0.5) is 4.39 Å². The fourth-order valence-electron chi connectivity index (χ4n) is 3.45. The van der Waals surface area contributed by atoms with Crippen LogP contribution in [0.25, 0.3) is 11.4 Å². The maximum Gasteiger partial charge on any atom is 0.232 e. The average Bonchev–Trinajstić information content (AvgIpc) is 3.35. The molecule has 2 heterocycles. The second kappa shape index (κ2) is 7.90. The minimum atomic E-state index is -0.372.